The number of amides is 1. The van der Waals surface area contributed by atoms with E-state index in [1.54, 1.807) is 18.3 Å². The molecule has 0 unspecified atom stereocenters. The summed E-state index contributed by atoms with van der Waals surface area (Å²) in [5, 5.41) is 7.61. The number of carbonyl (C=O) groups excluding carboxylic acids is 1. The van der Waals surface area contributed by atoms with Crippen LogP contribution < -0.4 is 14.8 Å². The van der Waals surface area contributed by atoms with E-state index in [9.17, 15) is 4.79 Å². The number of ether oxygens (including phenoxy) is 2. The molecule has 37 heavy (non-hydrogen) atoms. The number of carbonyl (C=O) groups is 1. The fraction of sp³-hybridized carbons (Fsp3) is 0.161. The van der Waals surface area contributed by atoms with Crippen LogP contribution in [0.15, 0.2) is 102 Å². The minimum Gasteiger partial charge on any atom is -0.488 e. The van der Waals surface area contributed by atoms with Crippen molar-refractivity contribution in [3.8, 4) is 11.5 Å². The third-order valence-electron chi connectivity index (χ3n) is 6.06. The topological polar surface area (TPSA) is 73.6 Å². The number of nitrogens with zero attached hydrogens (tertiary/aromatic N) is 1. The molecule has 1 aromatic heterocycles. The summed E-state index contributed by atoms with van der Waals surface area (Å²) < 4.78 is 17.6. The molecule has 0 radical (unpaired) electrons. The molecule has 0 aliphatic rings. The third-order valence-corrected chi connectivity index (χ3v) is 6.06. The lowest BCUT2D eigenvalue weighted by molar-refractivity contribution is 0.102. The van der Waals surface area contributed by atoms with Gasteiger partial charge in [-0.3, -0.25) is 4.79 Å². The van der Waals surface area contributed by atoms with Crippen LogP contribution in [0.4, 0.5) is 5.69 Å². The van der Waals surface area contributed by atoms with Gasteiger partial charge in [-0.15, -0.1) is 0 Å². The van der Waals surface area contributed by atoms with Gasteiger partial charge in [-0.25, -0.2) is 0 Å². The zero-order valence-electron chi connectivity index (χ0n) is 20.8. The maximum absolute atomic E-state index is 13.5. The Morgan fingerprint density at radius 3 is 2.14 bits per heavy atom. The summed E-state index contributed by atoms with van der Waals surface area (Å²) in [5.41, 5.74) is 4.75. The average molecular weight is 493 g/mol. The molecular formula is C31H28N2O4. The lowest BCUT2D eigenvalue weighted by Crippen LogP contribution is -2.15. The van der Waals surface area contributed by atoms with Crippen molar-refractivity contribution >= 4 is 22.6 Å². The number of aromatic nitrogens is 1. The Morgan fingerprint density at radius 1 is 0.838 bits per heavy atom. The summed E-state index contributed by atoms with van der Waals surface area (Å²) in [7, 11) is 0. The van der Waals surface area contributed by atoms with Crippen molar-refractivity contribution in [2.45, 2.75) is 33.0 Å². The van der Waals surface area contributed by atoms with Gasteiger partial charge in [-0.1, -0.05) is 79.7 Å². The van der Waals surface area contributed by atoms with Crippen molar-refractivity contribution < 1.29 is 18.8 Å². The standard InChI is InChI=1S/C31H28N2O4/c1-21(2)26-16-27(31(34)33-25-13-14-28-24(15-25)18-32-37-28)30(36-20-23-11-7-4-8-12-23)17-29(26)35-19-22-9-5-3-6-10-22/h3-18,21H,19-20H2,1-2H3,(H,33,34). The predicted molar refractivity (Wildman–Crippen MR) is 144 cm³/mol. The SMILES string of the molecule is CC(C)c1cc(C(=O)Nc2ccc3oncc3c2)c(OCc2ccccc2)cc1OCc1ccccc1. The molecule has 0 saturated carbocycles. The minimum atomic E-state index is -0.268. The molecule has 0 fully saturated rings. The van der Waals surface area contributed by atoms with Crippen molar-refractivity contribution in [1.29, 1.82) is 0 Å². The van der Waals surface area contributed by atoms with Crippen LogP contribution in [0.5, 0.6) is 11.5 Å². The molecule has 1 amide bonds. The average Bonchev–Trinajstić information content (AvgIpc) is 3.39. The van der Waals surface area contributed by atoms with Gasteiger partial charge in [0.1, 0.15) is 24.7 Å². The van der Waals surface area contributed by atoms with E-state index in [-0.39, 0.29) is 11.8 Å². The fourth-order valence-corrected chi connectivity index (χ4v) is 4.07. The maximum Gasteiger partial charge on any atom is 0.259 e. The van der Waals surface area contributed by atoms with E-state index in [0.717, 1.165) is 22.1 Å². The number of fused-ring (bicyclic) bond motifs is 1. The number of benzene rings is 4. The van der Waals surface area contributed by atoms with Gasteiger partial charge in [0.2, 0.25) is 0 Å². The van der Waals surface area contributed by atoms with E-state index in [1.807, 2.05) is 78.9 Å². The molecule has 5 aromatic rings. The lowest BCUT2D eigenvalue weighted by Gasteiger charge is -2.19. The van der Waals surface area contributed by atoms with Crippen molar-refractivity contribution in [3.63, 3.8) is 0 Å². The summed E-state index contributed by atoms with van der Waals surface area (Å²) >= 11 is 0. The zero-order chi connectivity index (χ0) is 25.6. The normalized spacial score (nSPS) is 11.0. The quantitative estimate of drug-likeness (QED) is 0.233. The highest BCUT2D eigenvalue weighted by Crippen LogP contribution is 2.35. The maximum atomic E-state index is 13.5. The van der Waals surface area contributed by atoms with Crippen molar-refractivity contribution in [2.75, 3.05) is 5.32 Å². The Hall–Kier alpha value is -4.58. The van der Waals surface area contributed by atoms with Gasteiger partial charge >= 0.3 is 0 Å². The van der Waals surface area contributed by atoms with E-state index in [4.69, 9.17) is 14.0 Å². The second-order valence-corrected chi connectivity index (χ2v) is 9.12. The molecule has 0 bridgehead atoms. The summed E-state index contributed by atoms with van der Waals surface area (Å²) in [6.07, 6.45) is 1.62. The molecule has 6 nitrogen and oxygen atoms in total. The second-order valence-electron chi connectivity index (χ2n) is 9.12. The number of nitrogens with one attached hydrogen (secondary N) is 1. The first kappa shape index (κ1) is 24.1. The molecule has 1 heterocycles. The summed E-state index contributed by atoms with van der Waals surface area (Å²) in [5.74, 6) is 1.02. The van der Waals surface area contributed by atoms with Crippen LogP contribution in [-0.2, 0) is 13.2 Å². The number of hydrogen-bond donors (Lipinski definition) is 1. The Bertz CT molecular complexity index is 1490. The molecule has 0 aliphatic carbocycles. The van der Waals surface area contributed by atoms with Gasteiger partial charge in [-0.2, -0.15) is 0 Å². The summed E-state index contributed by atoms with van der Waals surface area (Å²) in [4.78, 5) is 13.5. The number of anilines is 1. The molecule has 0 atom stereocenters. The van der Waals surface area contributed by atoms with Crippen LogP contribution in [0.1, 0.15) is 46.8 Å². The molecule has 0 spiro atoms. The second kappa shape index (κ2) is 11.0. The largest absolute Gasteiger partial charge is 0.488 e. The van der Waals surface area contributed by atoms with E-state index in [2.05, 4.69) is 24.3 Å². The summed E-state index contributed by atoms with van der Waals surface area (Å²) in [6.45, 7) is 4.91. The molecule has 5 rings (SSSR count). The monoisotopic (exact) mass is 492 g/mol. The first-order valence-electron chi connectivity index (χ1n) is 12.2. The van der Waals surface area contributed by atoms with E-state index < -0.39 is 0 Å². The first-order valence-corrected chi connectivity index (χ1v) is 12.2. The Labute approximate surface area is 215 Å². The van der Waals surface area contributed by atoms with Gasteiger partial charge in [-0.05, 0) is 46.9 Å². The third kappa shape index (κ3) is 5.81. The molecule has 4 aromatic carbocycles. The van der Waals surface area contributed by atoms with Gasteiger partial charge in [0.05, 0.1) is 11.8 Å². The van der Waals surface area contributed by atoms with Gasteiger partial charge in [0.15, 0.2) is 5.58 Å². The first-order chi connectivity index (χ1) is 18.1. The van der Waals surface area contributed by atoms with Crippen molar-refractivity contribution in [3.05, 3.63) is 119 Å². The Morgan fingerprint density at radius 2 is 1.49 bits per heavy atom. The lowest BCUT2D eigenvalue weighted by atomic mass is 9.98. The van der Waals surface area contributed by atoms with Gasteiger partial charge in [0, 0.05) is 17.1 Å². The highest BCUT2D eigenvalue weighted by atomic mass is 16.5. The van der Waals surface area contributed by atoms with Crippen LogP contribution in [0.25, 0.3) is 11.0 Å². The van der Waals surface area contributed by atoms with Crippen LogP contribution in [0.3, 0.4) is 0 Å². The van der Waals surface area contributed by atoms with Crippen molar-refractivity contribution in [1.82, 2.24) is 5.16 Å². The van der Waals surface area contributed by atoms with Crippen LogP contribution in [-0.4, -0.2) is 11.1 Å². The van der Waals surface area contributed by atoms with E-state index in [1.165, 1.54) is 0 Å². The predicted octanol–water partition coefficient (Wildman–Crippen LogP) is 7.36. The fourth-order valence-electron chi connectivity index (χ4n) is 4.07. The van der Waals surface area contributed by atoms with Crippen LogP contribution >= 0.6 is 0 Å². The minimum absolute atomic E-state index is 0.133. The molecule has 0 saturated heterocycles. The van der Waals surface area contributed by atoms with Crippen LogP contribution in [0, 0.1) is 0 Å². The molecular weight excluding hydrogens is 464 g/mol. The van der Waals surface area contributed by atoms with E-state index in [0.29, 0.717) is 41.5 Å². The Balaban J connectivity index is 1.47. The van der Waals surface area contributed by atoms with Gasteiger partial charge in [0.25, 0.3) is 5.91 Å². The molecule has 1 N–H and O–H groups in total. The van der Waals surface area contributed by atoms with Gasteiger partial charge < -0.3 is 19.3 Å². The highest BCUT2D eigenvalue weighted by molar-refractivity contribution is 6.07. The smallest absolute Gasteiger partial charge is 0.259 e. The number of rotatable bonds is 9. The Kier molecular flexibility index (Phi) is 7.17. The molecule has 0 aliphatic heterocycles. The van der Waals surface area contributed by atoms with Crippen molar-refractivity contribution in [2.24, 2.45) is 0 Å². The zero-order valence-corrected chi connectivity index (χ0v) is 20.8. The van der Waals surface area contributed by atoms with Crippen LogP contribution in [0.2, 0.25) is 0 Å². The summed E-state index contributed by atoms with van der Waals surface area (Å²) in [6, 6.07) is 29.0. The highest BCUT2D eigenvalue weighted by Gasteiger charge is 2.20. The van der Waals surface area contributed by atoms with E-state index >= 15 is 0 Å². The number of hydrogen-bond acceptors (Lipinski definition) is 5. The molecule has 6 heteroatoms. The molecule has 186 valence electrons.